The van der Waals surface area contributed by atoms with Crippen molar-refractivity contribution in [2.45, 2.75) is 19.7 Å². The van der Waals surface area contributed by atoms with E-state index in [1.165, 1.54) is 12.1 Å². The van der Waals surface area contributed by atoms with Crippen LogP contribution in [-0.4, -0.2) is 35.1 Å². The standard InChI is InChI=1S/C28H20BrCl2F3N2O5S/c1-2-40-22-9-16(19(29)12-23(22)41-14-15-6-7-20(30)21(31)8-15)10-24-26(38)36(27(39)42-24)13-25(37)35-18-5-3-4-17(11-18)28(32,33)34/h3-12H,2,13-14H2,1H3,(H,35,37)/b24-10-. The van der Waals surface area contributed by atoms with E-state index in [0.29, 0.717) is 54.8 Å². The molecule has 220 valence electrons. The zero-order valence-corrected chi connectivity index (χ0v) is 25.5. The molecular weight excluding hydrogens is 684 g/mol. The molecule has 7 nitrogen and oxygen atoms in total. The number of thioether (sulfide) groups is 1. The summed E-state index contributed by atoms with van der Waals surface area (Å²) in [6, 6.07) is 12.4. The van der Waals surface area contributed by atoms with Crippen molar-refractivity contribution >= 4 is 79.7 Å². The average Bonchev–Trinajstić information content (AvgIpc) is 3.18. The first-order valence-electron chi connectivity index (χ1n) is 12.1. The highest BCUT2D eigenvalue weighted by Crippen LogP contribution is 2.39. The van der Waals surface area contributed by atoms with Gasteiger partial charge in [0.05, 0.1) is 27.1 Å². The monoisotopic (exact) mass is 702 g/mol. The van der Waals surface area contributed by atoms with Gasteiger partial charge in [0, 0.05) is 10.2 Å². The van der Waals surface area contributed by atoms with Crippen molar-refractivity contribution in [3.8, 4) is 11.5 Å². The van der Waals surface area contributed by atoms with Gasteiger partial charge in [0.25, 0.3) is 11.1 Å². The highest BCUT2D eigenvalue weighted by Gasteiger charge is 2.37. The number of carbonyl (C=O) groups excluding carboxylic acids is 3. The van der Waals surface area contributed by atoms with Gasteiger partial charge in [-0.15, -0.1) is 0 Å². The van der Waals surface area contributed by atoms with E-state index in [0.717, 1.165) is 23.8 Å². The van der Waals surface area contributed by atoms with E-state index in [1.807, 2.05) is 0 Å². The van der Waals surface area contributed by atoms with E-state index >= 15 is 0 Å². The molecule has 0 unspecified atom stereocenters. The Kier molecular flexibility index (Phi) is 10.1. The fourth-order valence-electron chi connectivity index (χ4n) is 3.73. The number of carbonyl (C=O) groups is 3. The maximum Gasteiger partial charge on any atom is 0.416 e. The second kappa shape index (κ2) is 13.4. The van der Waals surface area contributed by atoms with Gasteiger partial charge < -0.3 is 14.8 Å². The van der Waals surface area contributed by atoms with Gasteiger partial charge >= 0.3 is 6.18 Å². The van der Waals surface area contributed by atoms with Crippen LogP contribution in [0.1, 0.15) is 23.6 Å². The van der Waals surface area contributed by atoms with Crippen LogP contribution < -0.4 is 14.8 Å². The summed E-state index contributed by atoms with van der Waals surface area (Å²) >= 11 is 16.1. The Labute approximate surface area is 261 Å². The topological polar surface area (TPSA) is 84.9 Å². The van der Waals surface area contributed by atoms with E-state index in [-0.39, 0.29) is 17.2 Å². The number of nitrogens with one attached hydrogen (secondary N) is 1. The summed E-state index contributed by atoms with van der Waals surface area (Å²) in [7, 11) is 0. The van der Waals surface area contributed by atoms with Gasteiger partial charge in [0.1, 0.15) is 13.2 Å². The molecule has 3 aromatic carbocycles. The molecule has 0 bridgehead atoms. The molecule has 0 radical (unpaired) electrons. The summed E-state index contributed by atoms with van der Waals surface area (Å²) in [4.78, 5) is 38.8. The molecule has 1 fully saturated rings. The van der Waals surface area contributed by atoms with Crippen molar-refractivity contribution < 1.29 is 37.0 Å². The number of anilines is 1. The van der Waals surface area contributed by atoms with Crippen LogP contribution in [0.25, 0.3) is 6.08 Å². The second-order valence-electron chi connectivity index (χ2n) is 8.69. The normalized spacial score (nSPS) is 14.5. The Balaban J connectivity index is 1.48. The maximum absolute atomic E-state index is 13.0. The fourth-order valence-corrected chi connectivity index (χ4v) is 5.31. The third-order valence-electron chi connectivity index (χ3n) is 5.68. The summed E-state index contributed by atoms with van der Waals surface area (Å²) in [5.74, 6) is -0.770. The smallest absolute Gasteiger partial charge is 0.416 e. The van der Waals surface area contributed by atoms with E-state index in [4.69, 9.17) is 32.7 Å². The van der Waals surface area contributed by atoms with Gasteiger partial charge in [-0.1, -0.05) is 51.3 Å². The molecule has 3 amide bonds. The van der Waals surface area contributed by atoms with E-state index < -0.39 is 35.3 Å². The minimum Gasteiger partial charge on any atom is -0.490 e. The molecule has 0 atom stereocenters. The Hall–Kier alpha value is -3.19. The van der Waals surface area contributed by atoms with Gasteiger partial charge in [0.2, 0.25) is 5.91 Å². The molecular formula is C28H20BrCl2F3N2O5S. The Morgan fingerprint density at radius 1 is 1.05 bits per heavy atom. The summed E-state index contributed by atoms with van der Waals surface area (Å²) in [6.07, 6.45) is -3.13. The lowest BCUT2D eigenvalue weighted by Crippen LogP contribution is -2.36. The SMILES string of the molecule is CCOc1cc(/C=C2\SC(=O)N(CC(=O)Nc3cccc(C(F)(F)F)c3)C2=O)c(Br)cc1OCc1ccc(Cl)c(Cl)c1. The van der Waals surface area contributed by atoms with Crippen LogP contribution in [0.5, 0.6) is 11.5 Å². The van der Waals surface area contributed by atoms with Crippen molar-refractivity contribution in [2.75, 3.05) is 18.5 Å². The largest absolute Gasteiger partial charge is 0.490 e. The quantitative estimate of drug-likeness (QED) is 0.225. The molecule has 0 aromatic heterocycles. The number of nitrogens with zero attached hydrogens (tertiary/aromatic N) is 1. The zero-order valence-electron chi connectivity index (χ0n) is 21.6. The molecule has 0 saturated carbocycles. The van der Waals surface area contributed by atoms with E-state index in [1.54, 1.807) is 37.3 Å². The van der Waals surface area contributed by atoms with E-state index in [9.17, 15) is 27.6 Å². The third kappa shape index (κ3) is 7.80. The van der Waals surface area contributed by atoms with Crippen molar-refractivity contribution in [2.24, 2.45) is 0 Å². The molecule has 14 heteroatoms. The highest BCUT2D eigenvalue weighted by atomic mass is 79.9. The molecule has 1 N–H and O–H groups in total. The molecule has 4 rings (SSSR count). The van der Waals surface area contributed by atoms with Gasteiger partial charge in [-0.2, -0.15) is 13.2 Å². The Bertz CT molecular complexity index is 1590. The Morgan fingerprint density at radius 2 is 1.79 bits per heavy atom. The number of halogens is 6. The number of benzene rings is 3. The van der Waals surface area contributed by atoms with Crippen molar-refractivity contribution in [3.63, 3.8) is 0 Å². The molecule has 1 aliphatic rings. The number of imide groups is 1. The van der Waals surface area contributed by atoms with Crippen LogP contribution in [0.15, 0.2) is 64.0 Å². The first-order valence-corrected chi connectivity index (χ1v) is 14.5. The second-order valence-corrected chi connectivity index (χ2v) is 11.3. The predicted molar refractivity (Wildman–Crippen MR) is 159 cm³/mol. The Morgan fingerprint density at radius 3 is 2.48 bits per heavy atom. The number of hydrogen-bond acceptors (Lipinski definition) is 6. The number of hydrogen-bond donors (Lipinski definition) is 1. The summed E-state index contributed by atoms with van der Waals surface area (Å²) < 4.78 is 51.1. The summed E-state index contributed by atoms with van der Waals surface area (Å²) in [6.45, 7) is 1.61. The van der Waals surface area contributed by atoms with Crippen LogP contribution in [0.3, 0.4) is 0 Å². The molecule has 1 saturated heterocycles. The molecule has 1 aliphatic heterocycles. The first-order chi connectivity index (χ1) is 19.8. The fraction of sp³-hybridized carbons (Fsp3) is 0.179. The summed E-state index contributed by atoms with van der Waals surface area (Å²) in [5.41, 5.74) is 0.209. The first kappa shape index (κ1) is 31.7. The summed E-state index contributed by atoms with van der Waals surface area (Å²) in [5, 5.41) is 2.40. The molecule has 1 heterocycles. The van der Waals surface area contributed by atoms with Gasteiger partial charge in [0.15, 0.2) is 11.5 Å². The minimum atomic E-state index is -4.59. The highest BCUT2D eigenvalue weighted by molar-refractivity contribution is 9.10. The lowest BCUT2D eigenvalue weighted by Gasteiger charge is -2.15. The van der Waals surface area contributed by atoms with Crippen molar-refractivity contribution in [1.82, 2.24) is 4.90 Å². The lowest BCUT2D eigenvalue weighted by molar-refractivity contribution is -0.137. The van der Waals surface area contributed by atoms with Crippen LogP contribution in [0.4, 0.5) is 23.7 Å². The number of rotatable bonds is 9. The van der Waals surface area contributed by atoms with E-state index in [2.05, 4.69) is 21.2 Å². The third-order valence-corrected chi connectivity index (χ3v) is 8.01. The van der Waals surface area contributed by atoms with Gasteiger partial charge in [-0.3, -0.25) is 19.3 Å². The minimum absolute atomic E-state index is 0.0412. The molecule has 3 aromatic rings. The van der Waals surface area contributed by atoms with Crippen LogP contribution in [0, 0.1) is 0 Å². The van der Waals surface area contributed by atoms with Crippen molar-refractivity contribution in [3.05, 3.63) is 90.7 Å². The van der Waals surface area contributed by atoms with Crippen molar-refractivity contribution in [1.29, 1.82) is 0 Å². The van der Waals surface area contributed by atoms with Crippen LogP contribution in [-0.2, 0) is 22.4 Å². The van der Waals surface area contributed by atoms with Crippen LogP contribution in [0.2, 0.25) is 10.0 Å². The molecule has 0 spiro atoms. The zero-order chi connectivity index (χ0) is 30.6. The maximum atomic E-state index is 13.0. The van der Waals surface area contributed by atoms with Gasteiger partial charge in [-0.25, -0.2) is 0 Å². The lowest BCUT2D eigenvalue weighted by atomic mass is 10.1. The predicted octanol–water partition coefficient (Wildman–Crippen LogP) is 8.43. The molecule has 42 heavy (non-hydrogen) atoms. The number of alkyl halides is 3. The average molecular weight is 704 g/mol. The number of amides is 3. The van der Waals surface area contributed by atoms with Gasteiger partial charge in [-0.05, 0) is 78.4 Å². The molecule has 0 aliphatic carbocycles. The van der Waals surface area contributed by atoms with Crippen LogP contribution >= 0.6 is 50.9 Å². The number of ether oxygens (including phenoxy) is 2.